The number of aryl methyl sites for hydroxylation is 1. The minimum Gasteiger partial charge on any atom is -0.466 e. The Labute approximate surface area is 140 Å². The Morgan fingerprint density at radius 3 is 2.79 bits per heavy atom. The van der Waals surface area contributed by atoms with Crippen molar-refractivity contribution in [1.82, 2.24) is 10.3 Å². The molecule has 0 saturated carbocycles. The second-order valence-corrected chi connectivity index (χ2v) is 5.25. The first-order valence-corrected chi connectivity index (χ1v) is 7.83. The van der Waals surface area contributed by atoms with Crippen molar-refractivity contribution in [3.05, 3.63) is 53.5 Å². The molecule has 5 nitrogen and oxygen atoms in total. The first kappa shape index (κ1) is 17.9. The molecule has 0 fully saturated rings. The fourth-order valence-electron chi connectivity index (χ4n) is 2.03. The summed E-state index contributed by atoms with van der Waals surface area (Å²) >= 11 is 0. The van der Waals surface area contributed by atoms with E-state index in [9.17, 15) is 9.18 Å². The summed E-state index contributed by atoms with van der Waals surface area (Å²) in [5.74, 6) is 0.513. The third-order valence-electron chi connectivity index (χ3n) is 3.29. The summed E-state index contributed by atoms with van der Waals surface area (Å²) in [6.45, 7) is 5.01. The number of hydrogen-bond acceptors (Lipinski definition) is 5. The molecule has 0 saturated heterocycles. The molecule has 0 aliphatic heterocycles. The molecule has 1 N–H and O–H groups in total. The molecule has 0 aliphatic carbocycles. The van der Waals surface area contributed by atoms with Gasteiger partial charge in [-0.2, -0.15) is 0 Å². The number of esters is 1. The topological polar surface area (TPSA) is 60.5 Å². The molecule has 0 amide bonds. The number of carbonyl (C=O) groups is 1. The van der Waals surface area contributed by atoms with Gasteiger partial charge < -0.3 is 14.8 Å². The van der Waals surface area contributed by atoms with E-state index in [2.05, 4.69) is 10.3 Å². The lowest BCUT2D eigenvalue weighted by Gasteiger charge is -2.08. The van der Waals surface area contributed by atoms with Crippen molar-refractivity contribution < 1.29 is 18.7 Å². The quantitative estimate of drug-likeness (QED) is 0.593. The van der Waals surface area contributed by atoms with Gasteiger partial charge in [-0.15, -0.1) is 0 Å². The Kier molecular flexibility index (Phi) is 6.69. The second kappa shape index (κ2) is 8.98. The summed E-state index contributed by atoms with van der Waals surface area (Å²) in [6.07, 6.45) is 2.04. The van der Waals surface area contributed by atoms with Gasteiger partial charge in [0.25, 0.3) is 0 Å². The van der Waals surface area contributed by atoms with Crippen LogP contribution in [0, 0.1) is 12.7 Å². The number of hydrogen-bond donors (Lipinski definition) is 1. The molecular formula is C18H21FN2O3. The number of pyridine rings is 1. The van der Waals surface area contributed by atoms with E-state index in [0.717, 1.165) is 5.56 Å². The first-order valence-electron chi connectivity index (χ1n) is 7.83. The summed E-state index contributed by atoms with van der Waals surface area (Å²) in [5, 5.41) is 3.15. The minimum atomic E-state index is -0.264. The lowest BCUT2D eigenvalue weighted by Crippen LogP contribution is -2.19. The van der Waals surface area contributed by atoms with Crippen LogP contribution in [0.25, 0.3) is 0 Å². The molecule has 1 heterocycles. The van der Waals surface area contributed by atoms with Crippen LogP contribution in [-0.2, 0) is 16.1 Å². The molecule has 6 heteroatoms. The lowest BCUT2D eigenvalue weighted by atomic mass is 10.2. The second-order valence-electron chi connectivity index (χ2n) is 5.25. The van der Waals surface area contributed by atoms with Crippen molar-refractivity contribution in [2.75, 3.05) is 13.2 Å². The predicted octanol–water partition coefficient (Wildman–Crippen LogP) is 3.36. The molecule has 1 aromatic carbocycles. The maximum atomic E-state index is 13.2. The van der Waals surface area contributed by atoms with Crippen molar-refractivity contribution in [3.8, 4) is 11.6 Å². The Balaban J connectivity index is 1.80. The third-order valence-corrected chi connectivity index (χ3v) is 3.29. The number of nitrogens with zero attached hydrogens (tertiary/aromatic N) is 1. The Bertz CT molecular complexity index is 674. The highest BCUT2D eigenvalue weighted by atomic mass is 19.1. The highest BCUT2D eigenvalue weighted by Crippen LogP contribution is 2.21. The maximum absolute atomic E-state index is 13.2. The van der Waals surface area contributed by atoms with E-state index in [4.69, 9.17) is 9.47 Å². The molecule has 128 valence electrons. The van der Waals surface area contributed by atoms with Gasteiger partial charge in [0.1, 0.15) is 11.6 Å². The van der Waals surface area contributed by atoms with Crippen molar-refractivity contribution in [1.29, 1.82) is 0 Å². The van der Waals surface area contributed by atoms with Gasteiger partial charge in [-0.05, 0) is 43.2 Å². The summed E-state index contributed by atoms with van der Waals surface area (Å²) < 4.78 is 23.7. The van der Waals surface area contributed by atoms with Crippen LogP contribution < -0.4 is 10.1 Å². The fourth-order valence-corrected chi connectivity index (χ4v) is 2.03. The zero-order valence-corrected chi connectivity index (χ0v) is 13.8. The van der Waals surface area contributed by atoms with Gasteiger partial charge in [-0.25, -0.2) is 9.37 Å². The summed E-state index contributed by atoms with van der Waals surface area (Å²) in [4.78, 5) is 15.4. The molecule has 0 radical (unpaired) electrons. The van der Waals surface area contributed by atoms with Gasteiger partial charge in [0.2, 0.25) is 5.88 Å². The smallest absolute Gasteiger partial charge is 0.307 e. The van der Waals surface area contributed by atoms with Crippen molar-refractivity contribution in [2.45, 2.75) is 26.8 Å². The van der Waals surface area contributed by atoms with Crippen LogP contribution in [0.4, 0.5) is 4.39 Å². The summed E-state index contributed by atoms with van der Waals surface area (Å²) in [6, 6.07) is 8.19. The molecule has 0 atom stereocenters. The van der Waals surface area contributed by atoms with E-state index in [1.165, 1.54) is 6.07 Å². The van der Waals surface area contributed by atoms with Crippen molar-refractivity contribution in [2.24, 2.45) is 0 Å². The minimum absolute atomic E-state index is 0.207. The normalized spacial score (nSPS) is 10.5. The molecule has 2 rings (SSSR count). The van der Waals surface area contributed by atoms with Crippen molar-refractivity contribution >= 4 is 5.97 Å². The third kappa shape index (κ3) is 5.62. The molecule has 0 unspecified atom stereocenters. The van der Waals surface area contributed by atoms with E-state index in [-0.39, 0.29) is 11.8 Å². The Morgan fingerprint density at radius 1 is 1.29 bits per heavy atom. The Morgan fingerprint density at radius 2 is 2.12 bits per heavy atom. The van der Waals surface area contributed by atoms with Crippen LogP contribution in [-0.4, -0.2) is 24.1 Å². The van der Waals surface area contributed by atoms with E-state index in [0.29, 0.717) is 43.3 Å². The lowest BCUT2D eigenvalue weighted by molar-refractivity contribution is -0.142. The van der Waals surface area contributed by atoms with Gasteiger partial charge >= 0.3 is 5.97 Å². The molecule has 1 aromatic heterocycles. The molecule has 2 aromatic rings. The monoisotopic (exact) mass is 332 g/mol. The van der Waals surface area contributed by atoms with Gasteiger partial charge in [0.15, 0.2) is 0 Å². The SMILES string of the molecule is CCOC(=O)CCNCc1ccc(Oc2ccc(F)c(C)c2)nc1. The van der Waals surface area contributed by atoms with Gasteiger partial charge in [-0.1, -0.05) is 6.07 Å². The summed E-state index contributed by atoms with van der Waals surface area (Å²) in [5.41, 5.74) is 1.50. The average Bonchev–Trinajstić information content (AvgIpc) is 2.57. The molecular weight excluding hydrogens is 311 g/mol. The van der Waals surface area contributed by atoms with Gasteiger partial charge in [-0.3, -0.25) is 4.79 Å². The highest BCUT2D eigenvalue weighted by molar-refractivity contribution is 5.69. The van der Waals surface area contributed by atoms with Crippen LogP contribution in [0.15, 0.2) is 36.5 Å². The van der Waals surface area contributed by atoms with Crippen LogP contribution >= 0.6 is 0 Å². The highest BCUT2D eigenvalue weighted by Gasteiger charge is 2.04. The number of halogens is 1. The van der Waals surface area contributed by atoms with Crippen LogP contribution in [0.5, 0.6) is 11.6 Å². The predicted molar refractivity (Wildman–Crippen MR) is 88.4 cm³/mol. The molecule has 0 spiro atoms. The number of rotatable bonds is 8. The number of nitrogens with one attached hydrogen (secondary N) is 1. The van der Waals surface area contributed by atoms with Crippen LogP contribution in [0.3, 0.4) is 0 Å². The first-order chi connectivity index (χ1) is 11.6. The summed E-state index contributed by atoms with van der Waals surface area (Å²) in [7, 11) is 0. The van der Waals surface area contributed by atoms with Crippen LogP contribution in [0.2, 0.25) is 0 Å². The van der Waals surface area contributed by atoms with E-state index < -0.39 is 0 Å². The number of benzene rings is 1. The molecule has 24 heavy (non-hydrogen) atoms. The largest absolute Gasteiger partial charge is 0.466 e. The maximum Gasteiger partial charge on any atom is 0.307 e. The van der Waals surface area contributed by atoms with Crippen LogP contribution in [0.1, 0.15) is 24.5 Å². The van der Waals surface area contributed by atoms with E-state index in [1.54, 1.807) is 38.2 Å². The zero-order chi connectivity index (χ0) is 17.4. The van der Waals surface area contributed by atoms with Crippen molar-refractivity contribution in [3.63, 3.8) is 0 Å². The Hall–Kier alpha value is -2.47. The van der Waals surface area contributed by atoms with Gasteiger partial charge in [0, 0.05) is 25.4 Å². The average molecular weight is 332 g/mol. The molecule has 0 aliphatic rings. The molecule has 0 bridgehead atoms. The van der Waals surface area contributed by atoms with E-state index in [1.807, 2.05) is 6.07 Å². The number of ether oxygens (including phenoxy) is 2. The number of aromatic nitrogens is 1. The van der Waals surface area contributed by atoms with Gasteiger partial charge in [0.05, 0.1) is 13.0 Å². The zero-order valence-electron chi connectivity index (χ0n) is 13.8. The number of carbonyl (C=O) groups excluding carboxylic acids is 1. The fraction of sp³-hybridized carbons (Fsp3) is 0.333. The standard InChI is InChI=1S/C18H21FN2O3/c1-3-23-18(22)8-9-20-11-14-4-7-17(21-12-14)24-15-5-6-16(19)13(2)10-15/h4-7,10,12,20H,3,8-9,11H2,1-2H3. The van der Waals surface area contributed by atoms with E-state index >= 15 is 0 Å².